The van der Waals surface area contributed by atoms with E-state index in [-0.39, 0.29) is 0 Å². The first-order valence-corrected chi connectivity index (χ1v) is 7.69. The third-order valence-corrected chi connectivity index (χ3v) is 4.98. The molecule has 0 amide bonds. The first-order chi connectivity index (χ1) is 9.04. The van der Waals surface area contributed by atoms with Crippen LogP contribution in [0, 0.1) is 19.8 Å². The lowest BCUT2D eigenvalue weighted by molar-refractivity contribution is 0.449. The van der Waals surface area contributed by atoms with Crippen molar-refractivity contribution in [3.63, 3.8) is 0 Å². The molecule has 1 nitrogen and oxygen atoms in total. The Morgan fingerprint density at radius 3 is 2.42 bits per heavy atom. The molecule has 1 aromatic carbocycles. The summed E-state index contributed by atoms with van der Waals surface area (Å²) in [6.45, 7) is 8.91. The van der Waals surface area contributed by atoms with Gasteiger partial charge >= 0.3 is 0 Å². The summed E-state index contributed by atoms with van der Waals surface area (Å²) >= 11 is 1.91. The second-order valence-electron chi connectivity index (χ2n) is 5.46. The topological polar surface area (TPSA) is 12.0 Å². The summed E-state index contributed by atoms with van der Waals surface area (Å²) < 4.78 is 0. The summed E-state index contributed by atoms with van der Waals surface area (Å²) in [5, 5.41) is 3.42. The second kappa shape index (κ2) is 5.89. The van der Waals surface area contributed by atoms with Crippen LogP contribution in [0.4, 0.5) is 0 Å². The Morgan fingerprint density at radius 2 is 1.79 bits per heavy atom. The van der Waals surface area contributed by atoms with E-state index in [1.807, 2.05) is 18.4 Å². The van der Waals surface area contributed by atoms with Crippen LogP contribution in [0.3, 0.4) is 0 Å². The van der Waals surface area contributed by atoms with Gasteiger partial charge in [-0.25, -0.2) is 0 Å². The SMILES string of the molecule is CNC(c1ccc(-c2cccc(C)c2C)s1)C(C)C. The molecule has 2 rings (SSSR count). The highest BCUT2D eigenvalue weighted by molar-refractivity contribution is 7.15. The maximum Gasteiger partial charge on any atom is 0.0435 e. The van der Waals surface area contributed by atoms with Crippen molar-refractivity contribution in [3.8, 4) is 10.4 Å². The lowest BCUT2D eigenvalue weighted by Gasteiger charge is -2.18. The number of hydrogen-bond acceptors (Lipinski definition) is 2. The molecule has 0 radical (unpaired) electrons. The van der Waals surface area contributed by atoms with E-state index in [0.717, 1.165) is 0 Å². The lowest BCUT2D eigenvalue weighted by Crippen LogP contribution is -2.20. The van der Waals surface area contributed by atoms with Crippen LogP contribution in [0.2, 0.25) is 0 Å². The highest BCUT2D eigenvalue weighted by Crippen LogP contribution is 2.35. The molecule has 0 saturated carbocycles. The minimum absolute atomic E-state index is 0.448. The minimum Gasteiger partial charge on any atom is -0.312 e. The summed E-state index contributed by atoms with van der Waals surface area (Å²) in [5.74, 6) is 0.607. The van der Waals surface area contributed by atoms with Crippen molar-refractivity contribution in [3.05, 3.63) is 46.3 Å². The van der Waals surface area contributed by atoms with Crippen LogP contribution >= 0.6 is 11.3 Å². The third kappa shape index (κ3) is 2.90. The molecule has 0 aliphatic heterocycles. The molecule has 1 heterocycles. The average molecular weight is 273 g/mol. The average Bonchev–Trinajstić information content (AvgIpc) is 2.82. The van der Waals surface area contributed by atoms with Gasteiger partial charge in [-0.05, 0) is 55.6 Å². The first-order valence-electron chi connectivity index (χ1n) is 6.88. The molecular weight excluding hydrogens is 250 g/mol. The van der Waals surface area contributed by atoms with Crippen LogP contribution in [0.25, 0.3) is 10.4 Å². The molecule has 2 aromatic rings. The van der Waals surface area contributed by atoms with E-state index in [4.69, 9.17) is 0 Å². The first kappa shape index (κ1) is 14.3. The van der Waals surface area contributed by atoms with Crippen molar-refractivity contribution < 1.29 is 0 Å². The number of benzene rings is 1. The summed E-state index contributed by atoms with van der Waals surface area (Å²) in [4.78, 5) is 2.80. The van der Waals surface area contributed by atoms with Gasteiger partial charge in [-0.3, -0.25) is 0 Å². The van der Waals surface area contributed by atoms with Crippen molar-refractivity contribution in [2.75, 3.05) is 7.05 Å². The van der Waals surface area contributed by atoms with E-state index in [1.54, 1.807) is 0 Å². The quantitative estimate of drug-likeness (QED) is 0.831. The lowest BCUT2D eigenvalue weighted by atomic mass is 10.0. The number of nitrogens with one attached hydrogen (secondary N) is 1. The molecule has 1 atom stereocenters. The van der Waals surface area contributed by atoms with Gasteiger partial charge in [0.2, 0.25) is 0 Å². The van der Waals surface area contributed by atoms with Crippen molar-refractivity contribution in [2.24, 2.45) is 5.92 Å². The van der Waals surface area contributed by atoms with E-state index in [9.17, 15) is 0 Å². The Bertz CT molecular complexity index is 554. The van der Waals surface area contributed by atoms with Crippen LogP contribution in [-0.2, 0) is 0 Å². The van der Waals surface area contributed by atoms with E-state index in [2.05, 4.69) is 63.3 Å². The normalized spacial score (nSPS) is 12.9. The molecule has 2 heteroatoms. The molecule has 0 aliphatic carbocycles. The van der Waals surface area contributed by atoms with Crippen molar-refractivity contribution in [1.82, 2.24) is 5.32 Å². The standard InChI is InChI=1S/C17H23NS/c1-11(2)17(18-5)16-10-9-15(19-16)14-8-6-7-12(3)13(14)4/h6-11,17-18H,1-5H3. The van der Waals surface area contributed by atoms with Crippen LogP contribution in [0.5, 0.6) is 0 Å². The van der Waals surface area contributed by atoms with Gasteiger partial charge < -0.3 is 5.32 Å². The summed E-state index contributed by atoms with van der Waals surface area (Å²) in [7, 11) is 2.04. The van der Waals surface area contributed by atoms with E-state index < -0.39 is 0 Å². The highest BCUT2D eigenvalue weighted by atomic mass is 32.1. The van der Waals surface area contributed by atoms with Gasteiger partial charge in [-0.1, -0.05) is 32.0 Å². The molecule has 1 unspecified atom stereocenters. The zero-order chi connectivity index (χ0) is 14.0. The zero-order valence-electron chi connectivity index (χ0n) is 12.4. The Hall–Kier alpha value is -1.12. The largest absolute Gasteiger partial charge is 0.312 e. The number of thiophene rings is 1. The molecule has 0 bridgehead atoms. The second-order valence-corrected chi connectivity index (χ2v) is 6.58. The Balaban J connectivity index is 2.38. The smallest absolute Gasteiger partial charge is 0.0435 e. The zero-order valence-corrected chi connectivity index (χ0v) is 13.3. The molecular formula is C17H23NS. The van der Waals surface area contributed by atoms with E-state index >= 15 is 0 Å². The van der Waals surface area contributed by atoms with E-state index in [0.29, 0.717) is 12.0 Å². The Labute approximate surface area is 120 Å². The predicted octanol–water partition coefficient (Wildman–Crippen LogP) is 4.95. The number of hydrogen-bond donors (Lipinski definition) is 1. The fourth-order valence-electron chi connectivity index (χ4n) is 2.49. The monoisotopic (exact) mass is 273 g/mol. The van der Waals surface area contributed by atoms with Crippen molar-refractivity contribution in [1.29, 1.82) is 0 Å². The Morgan fingerprint density at radius 1 is 1.05 bits per heavy atom. The predicted molar refractivity (Wildman–Crippen MR) is 85.9 cm³/mol. The van der Waals surface area contributed by atoms with Gasteiger partial charge in [0, 0.05) is 15.8 Å². The van der Waals surface area contributed by atoms with Crippen LogP contribution in [0.1, 0.15) is 35.9 Å². The molecule has 19 heavy (non-hydrogen) atoms. The highest BCUT2D eigenvalue weighted by Gasteiger charge is 2.16. The molecule has 0 saturated heterocycles. The fraction of sp³-hybridized carbons (Fsp3) is 0.412. The third-order valence-electron chi connectivity index (χ3n) is 3.78. The summed E-state index contributed by atoms with van der Waals surface area (Å²) in [6, 6.07) is 11.5. The van der Waals surface area contributed by atoms with Crippen LogP contribution in [-0.4, -0.2) is 7.05 Å². The summed E-state index contributed by atoms with van der Waals surface area (Å²) in [5.41, 5.74) is 4.12. The maximum absolute atomic E-state index is 3.42. The molecule has 0 spiro atoms. The Kier molecular flexibility index (Phi) is 4.43. The molecule has 0 fully saturated rings. The van der Waals surface area contributed by atoms with Gasteiger partial charge in [0.05, 0.1) is 0 Å². The molecule has 1 N–H and O–H groups in total. The molecule has 1 aromatic heterocycles. The maximum atomic E-state index is 3.42. The number of rotatable bonds is 4. The minimum atomic E-state index is 0.448. The van der Waals surface area contributed by atoms with Gasteiger partial charge in [0.25, 0.3) is 0 Å². The summed E-state index contributed by atoms with van der Waals surface area (Å²) in [6.07, 6.45) is 0. The van der Waals surface area contributed by atoms with Gasteiger partial charge in [-0.15, -0.1) is 11.3 Å². The van der Waals surface area contributed by atoms with E-state index in [1.165, 1.54) is 26.4 Å². The van der Waals surface area contributed by atoms with Crippen LogP contribution in [0.15, 0.2) is 30.3 Å². The van der Waals surface area contributed by atoms with Crippen molar-refractivity contribution in [2.45, 2.75) is 33.7 Å². The van der Waals surface area contributed by atoms with Gasteiger partial charge in [0.15, 0.2) is 0 Å². The van der Waals surface area contributed by atoms with Gasteiger partial charge in [-0.2, -0.15) is 0 Å². The number of aryl methyl sites for hydroxylation is 1. The molecule has 102 valence electrons. The fourth-order valence-corrected chi connectivity index (χ4v) is 3.86. The van der Waals surface area contributed by atoms with Crippen molar-refractivity contribution >= 4 is 11.3 Å². The van der Waals surface area contributed by atoms with Gasteiger partial charge in [0.1, 0.15) is 0 Å². The molecule has 0 aliphatic rings. The van der Waals surface area contributed by atoms with Crippen LogP contribution < -0.4 is 5.32 Å².